The van der Waals surface area contributed by atoms with Crippen molar-refractivity contribution < 1.29 is 14.3 Å². The molecule has 2 rings (SSSR count). The molecule has 136 valence electrons. The first-order valence-electron chi connectivity index (χ1n) is 8.75. The molecule has 2 amide bonds. The first-order valence-corrected chi connectivity index (χ1v) is 8.75. The maximum Gasteiger partial charge on any atom is 0.321 e. The smallest absolute Gasteiger partial charge is 0.321 e. The van der Waals surface area contributed by atoms with E-state index < -0.39 is 0 Å². The van der Waals surface area contributed by atoms with Crippen molar-refractivity contribution in [2.45, 2.75) is 40.0 Å². The van der Waals surface area contributed by atoms with Gasteiger partial charge >= 0.3 is 6.03 Å². The molecule has 2 aromatic rings. The highest BCUT2D eigenvalue weighted by Crippen LogP contribution is 2.25. The molecule has 0 atom stereocenters. The fourth-order valence-corrected chi connectivity index (χ4v) is 2.50. The third-order valence-electron chi connectivity index (χ3n) is 4.00. The predicted molar refractivity (Wildman–Crippen MR) is 98.6 cm³/mol. The van der Waals surface area contributed by atoms with Crippen molar-refractivity contribution in [2.24, 2.45) is 0 Å². The van der Waals surface area contributed by atoms with Crippen LogP contribution in [-0.2, 0) is 0 Å². The number of carbonyl (C=O) groups is 1. The molecule has 0 radical (unpaired) electrons. The molecular formula is C19H27N3O3. The number of benzene rings is 1. The lowest BCUT2D eigenvalue weighted by molar-refractivity contribution is 0.201. The van der Waals surface area contributed by atoms with E-state index in [1.54, 1.807) is 11.2 Å². The van der Waals surface area contributed by atoms with Crippen molar-refractivity contribution in [1.29, 1.82) is 0 Å². The molecule has 0 bridgehead atoms. The van der Waals surface area contributed by atoms with Crippen LogP contribution < -0.4 is 5.32 Å². The number of anilines is 1. The van der Waals surface area contributed by atoms with Crippen molar-refractivity contribution in [2.75, 3.05) is 25.0 Å². The summed E-state index contributed by atoms with van der Waals surface area (Å²) in [7, 11) is 0. The van der Waals surface area contributed by atoms with Gasteiger partial charge in [-0.1, -0.05) is 19.4 Å². The number of rotatable bonds is 8. The number of aromatic nitrogens is 1. The van der Waals surface area contributed by atoms with Crippen LogP contribution in [-0.4, -0.2) is 40.7 Å². The van der Waals surface area contributed by atoms with E-state index in [2.05, 4.69) is 17.2 Å². The summed E-state index contributed by atoms with van der Waals surface area (Å²) in [5.41, 5.74) is 3.35. The van der Waals surface area contributed by atoms with Gasteiger partial charge in [-0.15, -0.1) is 0 Å². The number of oxazole rings is 1. The summed E-state index contributed by atoms with van der Waals surface area (Å²) in [5.74, 6) is 0.538. The summed E-state index contributed by atoms with van der Waals surface area (Å²) in [6.45, 7) is 7.21. The molecule has 0 spiro atoms. The second-order valence-corrected chi connectivity index (χ2v) is 6.17. The molecule has 6 heteroatoms. The summed E-state index contributed by atoms with van der Waals surface area (Å²) in [6.07, 6.45) is 4.13. The van der Waals surface area contributed by atoms with Crippen LogP contribution in [0.3, 0.4) is 0 Å². The van der Waals surface area contributed by atoms with Crippen molar-refractivity contribution >= 4 is 11.7 Å². The Bertz CT molecular complexity index is 689. The van der Waals surface area contributed by atoms with Gasteiger partial charge in [0.1, 0.15) is 6.26 Å². The Balaban J connectivity index is 2.15. The molecule has 0 saturated carbocycles. The van der Waals surface area contributed by atoms with Crippen LogP contribution >= 0.6 is 0 Å². The highest BCUT2D eigenvalue weighted by Gasteiger charge is 2.15. The molecule has 0 aliphatic rings. The zero-order valence-electron chi connectivity index (χ0n) is 15.2. The Morgan fingerprint density at radius 1 is 1.28 bits per heavy atom. The van der Waals surface area contributed by atoms with Gasteiger partial charge in [-0.3, -0.25) is 0 Å². The monoisotopic (exact) mass is 345 g/mol. The number of aliphatic hydroxyl groups is 1. The third kappa shape index (κ3) is 5.32. The lowest BCUT2D eigenvalue weighted by Gasteiger charge is -2.23. The molecule has 1 aromatic heterocycles. The number of hydrogen-bond acceptors (Lipinski definition) is 4. The maximum atomic E-state index is 12.6. The fourth-order valence-electron chi connectivity index (χ4n) is 2.50. The summed E-state index contributed by atoms with van der Waals surface area (Å²) < 4.78 is 5.44. The van der Waals surface area contributed by atoms with Gasteiger partial charge in [0.05, 0.1) is 5.69 Å². The normalized spacial score (nSPS) is 10.7. The average Bonchev–Trinajstić information content (AvgIpc) is 3.03. The molecule has 0 saturated heterocycles. The van der Waals surface area contributed by atoms with Gasteiger partial charge in [-0.2, -0.15) is 0 Å². The van der Waals surface area contributed by atoms with Gasteiger partial charge in [-0.25, -0.2) is 9.78 Å². The minimum absolute atomic E-state index is 0.0773. The fraction of sp³-hybridized carbons (Fsp3) is 0.474. The summed E-state index contributed by atoms with van der Waals surface area (Å²) in [4.78, 5) is 18.7. The van der Waals surface area contributed by atoms with Gasteiger partial charge in [-0.05, 0) is 44.4 Å². The van der Waals surface area contributed by atoms with E-state index in [1.165, 1.54) is 0 Å². The van der Waals surface area contributed by atoms with Gasteiger partial charge in [0.15, 0.2) is 0 Å². The van der Waals surface area contributed by atoms with Crippen molar-refractivity contribution in [3.05, 3.63) is 35.7 Å². The molecular weight excluding hydrogens is 318 g/mol. The van der Waals surface area contributed by atoms with Gasteiger partial charge < -0.3 is 19.7 Å². The molecule has 0 aliphatic heterocycles. The second kappa shape index (κ2) is 9.22. The lowest BCUT2D eigenvalue weighted by atomic mass is 10.1. The predicted octanol–water partition coefficient (Wildman–Crippen LogP) is 3.97. The summed E-state index contributed by atoms with van der Waals surface area (Å²) in [5, 5.41) is 12.0. The van der Waals surface area contributed by atoms with Crippen LogP contribution in [0.2, 0.25) is 0 Å². The van der Waals surface area contributed by atoms with E-state index in [4.69, 9.17) is 9.52 Å². The Morgan fingerprint density at radius 2 is 2.04 bits per heavy atom. The average molecular weight is 345 g/mol. The zero-order valence-corrected chi connectivity index (χ0v) is 15.2. The van der Waals surface area contributed by atoms with Crippen LogP contribution in [0.5, 0.6) is 0 Å². The Hall–Kier alpha value is -2.34. The maximum absolute atomic E-state index is 12.6. The number of hydrogen-bond donors (Lipinski definition) is 2. The highest BCUT2D eigenvalue weighted by molar-refractivity contribution is 5.91. The number of amides is 2. The first kappa shape index (κ1) is 19.0. The third-order valence-corrected chi connectivity index (χ3v) is 4.00. The SMILES string of the molecule is CCCCN(CCCO)C(=O)Nc1cc(-c2nc(C)co2)ccc1C. The largest absolute Gasteiger partial charge is 0.444 e. The van der Waals surface area contributed by atoms with Crippen LogP contribution in [0, 0.1) is 13.8 Å². The van der Waals surface area contributed by atoms with Crippen LogP contribution in [0.4, 0.5) is 10.5 Å². The number of aliphatic hydroxyl groups excluding tert-OH is 1. The first-order chi connectivity index (χ1) is 12.0. The zero-order chi connectivity index (χ0) is 18.2. The lowest BCUT2D eigenvalue weighted by Crippen LogP contribution is -2.37. The Labute approximate surface area is 148 Å². The van der Waals surface area contributed by atoms with Crippen molar-refractivity contribution in [3.8, 4) is 11.5 Å². The molecule has 0 unspecified atom stereocenters. The minimum Gasteiger partial charge on any atom is -0.444 e. The van der Waals surface area contributed by atoms with Crippen molar-refractivity contribution in [1.82, 2.24) is 9.88 Å². The van der Waals surface area contributed by atoms with Crippen LogP contribution in [0.1, 0.15) is 37.4 Å². The van der Waals surface area contributed by atoms with E-state index >= 15 is 0 Å². The number of nitrogens with zero attached hydrogens (tertiary/aromatic N) is 2. The summed E-state index contributed by atoms with van der Waals surface area (Å²) >= 11 is 0. The topological polar surface area (TPSA) is 78.6 Å². The highest BCUT2D eigenvalue weighted by atomic mass is 16.3. The number of unbranched alkanes of at least 4 members (excludes halogenated alkanes) is 1. The standard InChI is InChI=1S/C19H27N3O3/c1-4-5-9-22(10-6-11-23)19(24)21-17-12-16(8-7-14(17)2)18-20-15(3)13-25-18/h7-8,12-13,23H,4-6,9-11H2,1-3H3,(H,21,24). The number of aryl methyl sites for hydroxylation is 2. The summed E-state index contributed by atoms with van der Waals surface area (Å²) in [6, 6.07) is 5.60. The molecule has 0 fully saturated rings. The van der Waals surface area contributed by atoms with E-state index in [0.29, 0.717) is 25.4 Å². The van der Waals surface area contributed by atoms with Crippen LogP contribution in [0.25, 0.3) is 11.5 Å². The molecule has 6 nitrogen and oxygen atoms in total. The number of carbonyl (C=O) groups excluding carboxylic acids is 1. The molecule has 0 aliphatic carbocycles. The Morgan fingerprint density at radius 3 is 2.68 bits per heavy atom. The Kier molecular flexibility index (Phi) is 7.01. The van der Waals surface area contributed by atoms with E-state index in [-0.39, 0.29) is 12.6 Å². The molecule has 2 N–H and O–H groups in total. The van der Waals surface area contributed by atoms with Crippen molar-refractivity contribution in [3.63, 3.8) is 0 Å². The quantitative estimate of drug-likeness (QED) is 0.758. The van der Waals surface area contributed by atoms with E-state index in [0.717, 1.165) is 35.3 Å². The van der Waals surface area contributed by atoms with E-state index in [1.807, 2.05) is 32.0 Å². The van der Waals surface area contributed by atoms with Gasteiger partial charge in [0.25, 0.3) is 0 Å². The second-order valence-electron chi connectivity index (χ2n) is 6.17. The molecule has 1 heterocycles. The minimum atomic E-state index is -0.147. The van der Waals surface area contributed by atoms with Gasteiger partial charge in [0, 0.05) is 30.9 Å². The van der Waals surface area contributed by atoms with Gasteiger partial charge in [0.2, 0.25) is 5.89 Å². The number of urea groups is 1. The van der Waals surface area contributed by atoms with E-state index in [9.17, 15) is 4.79 Å². The number of nitrogens with one attached hydrogen (secondary N) is 1. The van der Waals surface area contributed by atoms with Crippen LogP contribution in [0.15, 0.2) is 28.9 Å². The molecule has 1 aromatic carbocycles. The molecule has 25 heavy (non-hydrogen) atoms.